The highest BCUT2D eigenvalue weighted by Gasteiger charge is 2.08. The Kier molecular flexibility index (Phi) is 6.91. The summed E-state index contributed by atoms with van der Waals surface area (Å²) in [5.74, 6) is 0.522. The summed E-state index contributed by atoms with van der Waals surface area (Å²) in [5, 5.41) is 3.26. The molecule has 0 radical (unpaired) electrons. The Bertz CT molecular complexity index is 341. The highest BCUT2D eigenvalue weighted by atomic mass is 19.1. The van der Waals surface area contributed by atoms with Gasteiger partial charge in [-0.3, -0.25) is 0 Å². The van der Waals surface area contributed by atoms with Crippen LogP contribution in [-0.4, -0.2) is 19.8 Å². The van der Waals surface area contributed by atoms with Gasteiger partial charge in [-0.1, -0.05) is 32.0 Å². The standard InChI is InChI=1S/C15H24FNO/c1-12(2)8-10-18-11-9-17-13(3)14-6-4-5-7-15(14)16/h4-7,12-13,17H,8-11H2,1-3H3. The van der Waals surface area contributed by atoms with Crippen molar-refractivity contribution in [3.8, 4) is 0 Å². The van der Waals surface area contributed by atoms with Crippen molar-refractivity contribution in [2.24, 2.45) is 5.92 Å². The zero-order chi connectivity index (χ0) is 13.4. The Morgan fingerprint density at radius 2 is 1.89 bits per heavy atom. The van der Waals surface area contributed by atoms with Gasteiger partial charge in [0.05, 0.1) is 6.61 Å². The molecule has 0 spiro atoms. The molecule has 3 heteroatoms. The van der Waals surface area contributed by atoms with Crippen molar-refractivity contribution in [3.05, 3.63) is 35.6 Å². The fraction of sp³-hybridized carbons (Fsp3) is 0.600. The molecule has 0 fully saturated rings. The van der Waals surface area contributed by atoms with Gasteiger partial charge in [-0.15, -0.1) is 0 Å². The molecule has 0 heterocycles. The van der Waals surface area contributed by atoms with E-state index in [4.69, 9.17) is 4.74 Å². The zero-order valence-electron chi connectivity index (χ0n) is 11.6. The van der Waals surface area contributed by atoms with Gasteiger partial charge in [0.15, 0.2) is 0 Å². The number of benzene rings is 1. The fourth-order valence-electron chi connectivity index (χ4n) is 1.70. The third-order valence-corrected chi connectivity index (χ3v) is 2.91. The van der Waals surface area contributed by atoms with E-state index in [-0.39, 0.29) is 11.9 Å². The van der Waals surface area contributed by atoms with Crippen LogP contribution < -0.4 is 5.32 Å². The van der Waals surface area contributed by atoms with Crippen molar-refractivity contribution < 1.29 is 9.13 Å². The van der Waals surface area contributed by atoms with Gasteiger partial charge in [0.1, 0.15) is 5.82 Å². The minimum Gasteiger partial charge on any atom is -0.380 e. The second-order valence-corrected chi connectivity index (χ2v) is 4.99. The molecule has 0 aliphatic carbocycles. The van der Waals surface area contributed by atoms with Crippen LogP contribution in [0.5, 0.6) is 0 Å². The highest BCUT2D eigenvalue weighted by molar-refractivity contribution is 5.20. The van der Waals surface area contributed by atoms with E-state index in [0.717, 1.165) is 19.6 Å². The maximum atomic E-state index is 13.5. The van der Waals surface area contributed by atoms with Crippen LogP contribution >= 0.6 is 0 Å². The Balaban J connectivity index is 2.18. The van der Waals surface area contributed by atoms with Gasteiger partial charge in [0, 0.05) is 24.8 Å². The lowest BCUT2D eigenvalue weighted by atomic mass is 10.1. The summed E-state index contributed by atoms with van der Waals surface area (Å²) in [6.07, 6.45) is 1.09. The summed E-state index contributed by atoms with van der Waals surface area (Å²) in [7, 11) is 0. The van der Waals surface area contributed by atoms with Crippen molar-refractivity contribution in [3.63, 3.8) is 0 Å². The lowest BCUT2D eigenvalue weighted by molar-refractivity contribution is 0.123. The summed E-state index contributed by atoms with van der Waals surface area (Å²) < 4.78 is 19.0. The summed E-state index contributed by atoms with van der Waals surface area (Å²) >= 11 is 0. The number of nitrogens with one attached hydrogen (secondary N) is 1. The largest absolute Gasteiger partial charge is 0.380 e. The average Bonchev–Trinajstić information content (AvgIpc) is 2.33. The van der Waals surface area contributed by atoms with Crippen LogP contribution in [-0.2, 0) is 4.74 Å². The molecule has 18 heavy (non-hydrogen) atoms. The molecule has 1 aromatic rings. The van der Waals surface area contributed by atoms with E-state index in [2.05, 4.69) is 19.2 Å². The van der Waals surface area contributed by atoms with Gasteiger partial charge >= 0.3 is 0 Å². The van der Waals surface area contributed by atoms with Crippen LogP contribution in [0.15, 0.2) is 24.3 Å². The van der Waals surface area contributed by atoms with E-state index in [0.29, 0.717) is 18.1 Å². The normalized spacial score (nSPS) is 12.9. The Morgan fingerprint density at radius 3 is 2.56 bits per heavy atom. The number of rotatable bonds is 8. The van der Waals surface area contributed by atoms with E-state index >= 15 is 0 Å². The fourth-order valence-corrected chi connectivity index (χ4v) is 1.70. The maximum absolute atomic E-state index is 13.5. The zero-order valence-corrected chi connectivity index (χ0v) is 11.6. The minimum atomic E-state index is -0.154. The smallest absolute Gasteiger partial charge is 0.127 e. The Labute approximate surface area is 110 Å². The van der Waals surface area contributed by atoms with Crippen LogP contribution in [0.25, 0.3) is 0 Å². The van der Waals surface area contributed by atoms with Gasteiger partial charge in [-0.05, 0) is 25.3 Å². The molecule has 0 aliphatic heterocycles. The predicted molar refractivity (Wildman–Crippen MR) is 73.1 cm³/mol. The molecule has 0 amide bonds. The van der Waals surface area contributed by atoms with E-state index < -0.39 is 0 Å². The van der Waals surface area contributed by atoms with Gasteiger partial charge in [0.25, 0.3) is 0 Å². The van der Waals surface area contributed by atoms with Crippen LogP contribution in [0.3, 0.4) is 0 Å². The second kappa shape index (κ2) is 8.22. The molecule has 0 saturated carbocycles. The summed E-state index contributed by atoms with van der Waals surface area (Å²) in [4.78, 5) is 0. The van der Waals surface area contributed by atoms with Crippen molar-refractivity contribution in [1.29, 1.82) is 0 Å². The van der Waals surface area contributed by atoms with Crippen molar-refractivity contribution in [2.45, 2.75) is 33.2 Å². The van der Waals surface area contributed by atoms with Gasteiger partial charge in [0.2, 0.25) is 0 Å². The molecule has 0 aliphatic rings. The molecular formula is C15H24FNO. The Hall–Kier alpha value is -0.930. The molecule has 0 saturated heterocycles. The molecule has 102 valence electrons. The number of hydrogen-bond donors (Lipinski definition) is 1. The number of hydrogen-bond acceptors (Lipinski definition) is 2. The molecule has 1 unspecified atom stereocenters. The third-order valence-electron chi connectivity index (χ3n) is 2.91. The van der Waals surface area contributed by atoms with Gasteiger partial charge < -0.3 is 10.1 Å². The van der Waals surface area contributed by atoms with Gasteiger partial charge in [-0.2, -0.15) is 0 Å². The second-order valence-electron chi connectivity index (χ2n) is 4.99. The molecule has 2 nitrogen and oxygen atoms in total. The lowest BCUT2D eigenvalue weighted by Gasteiger charge is -2.15. The number of halogens is 1. The van der Waals surface area contributed by atoms with E-state index in [1.807, 2.05) is 19.1 Å². The lowest BCUT2D eigenvalue weighted by Crippen LogP contribution is -2.24. The first-order chi connectivity index (χ1) is 8.61. The van der Waals surface area contributed by atoms with Crippen LogP contribution in [0.1, 0.15) is 38.8 Å². The summed E-state index contributed by atoms with van der Waals surface area (Å²) in [6, 6.07) is 6.88. The maximum Gasteiger partial charge on any atom is 0.127 e. The topological polar surface area (TPSA) is 21.3 Å². The monoisotopic (exact) mass is 253 g/mol. The quantitative estimate of drug-likeness (QED) is 0.715. The van der Waals surface area contributed by atoms with Crippen molar-refractivity contribution in [1.82, 2.24) is 5.32 Å². The van der Waals surface area contributed by atoms with E-state index in [9.17, 15) is 4.39 Å². The molecule has 0 aromatic heterocycles. The molecular weight excluding hydrogens is 229 g/mol. The summed E-state index contributed by atoms with van der Waals surface area (Å²) in [6.45, 7) is 8.54. The van der Waals surface area contributed by atoms with Crippen LogP contribution in [0, 0.1) is 11.7 Å². The van der Waals surface area contributed by atoms with Gasteiger partial charge in [-0.25, -0.2) is 4.39 Å². The minimum absolute atomic E-state index is 0.0138. The van der Waals surface area contributed by atoms with Crippen LogP contribution in [0.4, 0.5) is 4.39 Å². The first-order valence-electron chi connectivity index (χ1n) is 6.66. The first kappa shape index (κ1) is 15.1. The first-order valence-corrected chi connectivity index (χ1v) is 6.66. The SMILES string of the molecule is CC(C)CCOCCNC(C)c1ccccc1F. The molecule has 1 N–H and O–H groups in total. The van der Waals surface area contributed by atoms with E-state index in [1.54, 1.807) is 6.07 Å². The molecule has 1 aromatic carbocycles. The molecule has 0 bridgehead atoms. The van der Waals surface area contributed by atoms with Crippen molar-refractivity contribution in [2.75, 3.05) is 19.8 Å². The molecule has 1 atom stereocenters. The highest BCUT2D eigenvalue weighted by Crippen LogP contribution is 2.15. The average molecular weight is 253 g/mol. The Morgan fingerprint density at radius 1 is 1.17 bits per heavy atom. The predicted octanol–water partition coefficient (Wildman–Crippen LogP) is 3.54. The molecule has 1 rings (SSSR count). The van der Waals surface area contributed by atoms with E-state index in [1.165, 1.54) is 6.07 Å². The number of ether oxygens (including phenoxy) is 1. The third kappa shape index (κ3) is 5.61. The summed E-state index contributed by atoms with van der Waals surface area (Å²) in [5.41, 5.74) is 0.708. The van der Waals surface area contributed by atoms with Crippen molar-refractivity contribution >= 4 is 0 Å². The van der Waals surface area contributed by atoms with Crippen LogP contribution in [0.2, 0.25) is 0 Å².